The number of benzene rings is 2. The fourth-order valence-corrected chi connectivity index (χ4v) is 2.14. The van der Waals surface area contributed by atoms with Gasteiger partial charge in [-0.15, -0.1) is 0 Å². The zero-order valence-electron chi connectivity index (χ0n) is 11.7. The molecule has 0 unspecified atom stereocenters. The van der Waals surface area contributed by atoms with Crippen molar-refractivity contribution in [2.24, 2.45) is 0 Å². The fourth-order valence-electron chi connectivity index (χ4n) is 2.14. The van der Waals surface area contributed by atoms with E-state index < -0.39 is 5.75 Å². The number of halogens is 1. The lowest BCUT2D eigenvalue weighted by Gasteiger charge is -2.10. The van der Waals surface area contributed by atoms with Crippen LogP contribution in [-0.2, 0) is 13.0 Å². The molecule has 0 bridgehead atoms. The maximum atomic E-state index is 13.0. The summed E-state index contributed by atoms with van der Waals surface area (Å²) in [6.07, 6.45) is 0.733. The van der Waals surface area contributed by atoms with Crippen LogP contribution in [0.5, 0.6) is 17.2 Å². The molecule has 0 aliphatic carbocycles. The van der Waals surface area contributed by atoms with Crippen LogP contribution >= 0.6 is 0 Å². The van der Waals surface area contributed by atoms with Crippen LogP contribution < -0.4 is 5.32 Å². The molecule has 0 amide bonds. The maximum Gasteiger partial charge on any atom is 0.200 e. The van der Waals surface area contributed by atoms with E-state index in [-0.39, 0.29) is 17.3 Å². The van der Waals surface area contributed by atoms with E-state index in [9.17, 15) is 19.7 Å². The Balaban J connectivity index is 1.89. The number of aryl methyl sites for hydroxylation is 1. The minimum atomic E-state index is -0.510. The van der Waals surface area contributed by atoms with Crippen molar-refractivity contribution in [2.75, 3.05) is 6.54 Å². The smallest absolute Gasteiger partial charge is 0.200 e. The van der Waals surface area contributed by atoms with E-state index in [0.29, 0.717) is 18.7 Å². The highest BCUT2D eigenvalue weighted by molar-refractivity contribution is 5.53. The molecule has 2 rings (SSSR count). The van der Waals surface area contributed by atoms with Crippen LogP contribution in [0.1, 0.15) is 16.7 Å². The van der Waals surface area contributed by atoms with E-state index in [1.165, 1.54) is 18.2 Å². The first kappa shape index (κ1) is 15.1. The molecule has 112 valence electrons. The molecule has 0 heterocycles. The summed E-state index contributed by atoms with van der Waals surface area (Å²) in [6.45, 7) is 2.87. The average Bonchev–Trinajstić information content (AvgIpc) is 2.45. The Morgan fingerprint density at radius 3 is 2.43 bits per heavy atom. The number of hydrogen-bond acceptors (Lipinski definition) is 4. The third kappa shape index (κ3) is 3.64. The van der Waals surface area contributed by atoms with Gasteiger partial charge in [0.1, 0.15) is 5.82 Å². The Hall–Kier alpha value is -2.27. The molecule has 0 aliphatic heterocycles. The highest BCUT2D eigenvalue weighted by atomic mass is 19.1. The third-order valence-electron chi connectivity index (χ3n) is 3.40. The lowest BCUT2D eigenvalue weighted by molar-refractivity contribution is 0.364. The minimum Gasteiger partial charge on any atom is -0.504 e. The second-order valence-corrected chi connectivity index (χ2v) is 4.94. The van der Waals surface area contributed by atoms with E-state index >= 15 is 0 Å². The Morgan fingerprint density at radius 2 is 1.71 bits per heavy atom. The van der Waals surface area contributed by atoms with Crippen LogP contribution in [0.4, 0.5) is 4.39 Å². The zero-order chi connectivity index (χ0) is 15.4. The second-order valence-electron chi connectivity index (χ2n) is 4.94. The van der Waals surface area contributed by atoms with Gasteiger partial charge in [0.15, 0.2) is 11.5 Å². The lowest BCUT2D eigenvalue weighted by Crippen LogP contribution is -2.17. The molecular formula is C16H18FNO3. The molecule has 4 nitrogen and oxygen atoms in total. The molecule has 0 spiro atoms. The first-order valence-corrected chi connectivity index (χ1v) is 6.67. The minimum absolute atomic E-state index is 0.242. The molecule has 4 N–H and O–H groups in total. The van der Waals surface area contributed by atoms with Gasteiger partial charge in [-0.05, 0) is 49.2 Å². The van der Waals surface area contributed by atoms with Crippen molar-refractivity contribution in [3.8, 4) is 17.2 Å². The SMILES string of the molecule is Cc1cc(F)ccc1CCNCc1ccc(O)c(O)c1O. The van der Waals surface area contributed by atoms with Crippen LogP contribution in [0.25, 0.3) is 0 Å². The van der Waals surface area contributed by atoms with E-state index in [2.05, 4.69) is 5.32 Å². The summed E-state index contributed by atoms with van der Waals surface area (Å²) in [5.74, 6) is -1.42. The maximum absolute atomic E-state index is 13.0. The molecule has 0 aliphatic rings. The molecule has 0 fully saturated rings. The van der Waals surface area contributed by atoms with Gasteiger partial charge in [-0.2, -0.15) is 0 Å². The Kier molecular flexibility index (Phi) is 4.65. The zero-order valence-corrected chi connectivity index (χ0v) is 11.7. The number of phenolic OH excluding ortho intramolecular Hbond substituents is 3. The normalized spacial score (nSPS) is 10.8. The Morgan fingerprint density at radius 1 is 1.00 bits per heavy atom. The number of nitrogens with one attached hydrogen (secondary N) is 1. The summed E-state index contributed by atoms with van der Waals surface area (Å²) in [7, 11) is 0. The number of rotatable bonds is 5. The lowest BCUT2D eigenvalue weighted by atomic mass is 10.1. The van der Waals surface area contributed by atoms with Gasteiger partial charge in [-0.3, -0.25) is 0 Å². The molecule has 2 aromatic carbocycles. The Bertz CT molecular complexity index is 644. The molecule has 0 atom stereocenters. The highest BCUT2D eigenvalue weighted by Gasteiger charge is 2.10. The highest BCUT2D eigenvalue weighted by Crippen LogP contribution is 2.36. The van der Waals surface area contributed by atoms with Gasteiger partial charge in [0.25, 0.3) is 0 Å². The van der Waals surface area contributed by atoms with Gasteiger partial charge >= 0.3 is 0 Å². The van der Waals surface area contributed by atoms with E-state index in [0.717, 1.165) is 17.5 Å². The van der Waals surface area contributed by atoms with E-state index in [4.69, 9.17) is 0 Å². The van der Waals surface area contributed by atoms with Crippen molar-refractivity contribution in [2.45, 2.75) is 19.9 Å². The van der Waals surface area contributed by atoms with E-state index in [1.807, 2.05) is 6.92 Å². The van der Waals surface area contributed by atoms with Gasteiger partial charge in [0, 0.05) is 12.1 Å². The van der Waals surface area contributed by atoms with Crippen molar-refractivity contribution in [3.63, 3.8) is 0 Å². The summed E-state index contributed by atoms with van der Waals surface area (Å²) in [5, 5.41) is 31.5. The molecule has 21 heavy (non-hydrogen) atoms. The second kappa shape index (κ2) is 6.45. The van der Waals surface area contributed by atoms with Crippen molar-refractivity contribution in [1.29, 1.82) is 0 Å². The largest absolute Gasteiger partial charge is 0.504 e. The fraction of sp³-hybridized carbons (Fsp3) is 0.250. The van der Waals surface area contributed by atoms with E-state index in [1.54, 1.807) is 12.1 Å². The van der Waals surface area contributed by atoms with Crippen LogP contribution in [0, 0.1) is 12.7 Å². The predicted octanol–water partition coefficient (Wildman–Crippen LogP) is 2.58. The van der Waals surface area contributed by atoms with Gasteiger partial charge < -0.3 is 20.6 Å². The van der Waals surface area contributed by atoms with Gasteiger partial charge in [0.05, 0.1) is 0 Å². The first-order chi connectivity index (χ1) is 9.99. The summed E-state index contributed by atoms with van der Waals surface area (Å²) < 4.78 is 13.0. The molecule has 0 radical (unpaired) electrons. The van der Waals surface area contributed by atoms with Crippen molar-refractivity contribution < 1.29 is 19.7 Å². The summed E-state index contributed by atoms with van der Waals surface area (Å²) >= 11 is 0. The summed E-state index contributed by atoms with van der Waals surface area (Å²) in [6, 6.07) is 7.57. The molecule has 0 saturated carbocycles. The molecule has 0 aromatic heterocycles. The average molecular weight is 291 g/mol. The first-order valence-electron chi connectivity index (χ1n) is 6.67. The van der Waals surface area contributed by atoms with Crippen molar-refractivity contribution >= 4 is 0 Å². The summed E-state index contributed by atoms with van der Waals surface area (Å²) in [5.41, 5.74) is 2.46. The standard InChI is InChI=1S/C16H18FNO3/c1-10-8-13(17)4-2-11(10)6-7-18-9-12-3-5-14(19)16(21)15(12)20/h2-5,8,18-21H,6-7,9H2,1H3. The van der Waals surface area contributed by atoms with Crippen LogP contribution in [0.3, 0.4) is 0 Å². The number of aromatic hydroxyl groups is 3. The predicted molar refractivity (Wildman–Crippen MR) is 78.0 cm³/mol. The third-order valence-corrected chi connectivity index (χ3v) is 3.40. The van der Waals surface area contributed by atoms with Gasteiger partial charge in [0.2, 0.25) is 5.75 Å². The number of phenols is 3. The van der Waals surface area contributed by atoms with Crippen molar-refractivity contribution in [3.05, 3.63) is 52.8 Å². The molecule has 0 saturated heterocycles. The molecule has 5 heteroatoms. The monoisotopic (exact) mass is 291 g/mol. The molecular weight excluding hydrogens is 273 g/mol. The molecule has 2 aromatic rings. The van der Waals surface area contributed by atoms with Crippen molar-refractivity contribution in [1.82, 2.24) is 5.32 Å². The number of hydrogen-bond donors (Lipinski definition) is 4. The topological polar surface area (TPSA) is 72.7 Å². The van der Waals surface area contributed by atoms with Crippen LogP contribution in [0.2, 0.25) is 0 Å². The van der Waals surface area contributed by atoms with Crippen LogP contribution in [-0.4, -0.2) is 21.9 Å². The Labute approximate surface area is 122 Å². The van der Waals surface area contributed by atoms with Gasteiger partial charge in [-0.1, -0.05) is 12.1 Å². The van der Waals surface area contributed by atoms with Gasteiger partial charge in [-0.25, -0.2) is 4.39 Å². The van der Waals surface area contributed by atoms with Crippen LogP contribution in [0.15, 0.2) is 30.3 Å². The summed E-state index contributed by atoms with van der Waals surface area (Å²) in [4.78, 5) is 0. The quantitative estimate of drug-likeness (QED) is 0.505.